The van der Waals surface area contributed by atoms with E-state index in [1.54, 1.807) is 11.3 Å². The zero-order valence-corrected chi connectivity index (χ0v) is 13.9. The normalized spacial score (nSPS) is 11.0. The summed E-state index contributed by atoms with van der Waals surface area (Å²) in [7, 11) is 0. The molecule has 0 aliphatic carbocycles. The topological polar surface area (TPSA) is 34.0 Å². The van der Waals surface area contributed by atoms with Gasteiger partial charge in [0.2, 0.25) is 0 Å². The Bertz CT molecular complexity index is 806. The molecule has 0 bridgehead atoms. The van der Waals surface area contributed by atoms with Gasteiger partial charge in [0, 0.05) is 18.1 Å². The van der Waals surface area contributed by atoms with Crippen LogP contribution >= 0.6 is 22.9 Å². The first-order chi connectivity index (χ1) is 10.7. The van der Waals surface area contributed by atoms with Crippen molar-refractivity contribution >= 4 is 39.1 Å². The molecule has 3 rings (SSSR count). The minimum atomic E-state index is -0.0210. The number of nitrogens with zero attached hydrogens (tertiary/aromatic N) is 1. The lowest BCUT2D eigenvalue weighted by atomic mass is 10.2. The Morgan fingerprint density at radius 3 is 2.95 bits per heavy atom. The highest BCUT2D eigenvalue weighted by molar-refractivity contribution is 7.17. The number of hydrogen-bond donors (Lipinski definition) is 1. The predicted molar refractivity (Wildman–Crippen MR) is 93.0 cm³/mol. The standard InChI is InChI=1S/C17H17ClN2OS/c1-2-7-19-17(21)15-10-16-14(6-8-22-16)20(15)11-12-4-3-5-13(18)9-12/h3-6,8-10H,2,7,11H2,1H3,(H,19,21). The van der Waals surface area contributed by atoms with Crippen molar-refractivity contribution in [3.63, 3.8) is 0 Å². The van der Waals surface area contributed by atoms with Gasteiger partial charge in [0.1, 0.15) is 5.69 Å². The van der Waals surface area contributed by atoms with E-state index in [0.717, 1.165) is 22.2 Å². The van der Waals surface area contributed by atoms with Crippen molar-refractivity contribution in [3.8, 4) is 0 Å². The van der Waals surface area contributed by atoms with Crippen molar-refractivity contribution in [1.29, 1.82) is 0 Å². The molecule has 22 heavy (non-hydrogen) atoms. The minimum absolute atomic E-state index is 0.0210. The van der Waals surface area contributed by atoms with E-state index in [-0.39, 0.29) is 5.91 Å². The Labute approximate surface area is 138 Å². The molecule has 3 nitrogen and oxygen atoms in total. The maximum atomic E-state index is 12.4. The van der Waals surface area contributed by atoms with Crippen LogP contribution in [0.2, 0.25) is 5.02 Å². The third-order valence-electron chi connectivity index (χ3n) is 3.52. The van der Waals surface area contributed by atoms with Crippen LogP contribution < -0.4 is 5.32 Å². The van der Waals surface area contributed by atoms with Gasteiger partial charge in [0.15, 0.2) is 0 Å². The van der Waals surface area contributed by atoms with E-state index in [1.165, 1.54) is 0 Å². The number of nitrogens with one attached hydrogen (secondary N) is 1. The van der Waals surface area contributed by atoms with E-state index >= 15 is 0 Å². The zero-order chi connectivity index (χ0) is 15.5. The number of rotatable bonds is 5. The fourth-order valence-corrected chi connectivity index (χ4v) is 3.52. The van der Waals surface area contributed by atoms with Gasteiger partial charge in [-0.25, -0.2) is 0 Å². The van der Waals surface area contributed by atoms with Crippen LogP contribution in [0.3, 0.4) is 0 Å². The van der Waals surface area contributed by atoms with Crippen molar-refractivity contribution < 1.29 is 4.79 Å². The first kappa shape index (κ1) is 15.1. The van der Waals surface area contributed by atoms with Crippen molar-refractivity contribution in [2.75, 3.05) is 6.54 Å². The molecule has 0 spiro atoms. The van der Waals surface area contributed by atoms with Gasteiger partial charge in [-0.15, -0.1) is 11.3 Å². The first-order valence-electron chi connectivity index (χ1n) is 7.28. The van der Waals surface area contributed by atoms with Crippen LogP contribution in [-0.2, 0) is 6.54 Å². The van der Waals surface area contributed by atoms with Gasteiger partial charge in [0.05, 0.1) is 10.2 Å². The van der Waals surface area contributed by atoms with Crippen molar-refractivity contribution in [2.24, 2.45) is 0 Å². The Morgan fingerprint density at radius 1 is 1.32 bits per heavy atom. The Morgan fingerprint density at radius 2 is 2.18 bits per heavy atom. The average Bonchev–Trinajstić information content (AvgIpc) is 3.07. The van der Waals surface area contributed by atoms with Crippen LogP contribution in [0.1, 0.15) is 29.4 Å². The van der Waals surface area contributed by atoms with Gasteiger partial charge in [-0.1, -0.05) is 30.7 Å². The summed E-state index contributed by atoms with van der Waals surface area (Å²) in [5.41, 5.74) is 2.88. The molecule has 1 aromatic carbocycles. The molecule has 0 saturated heterocycles. The monoisotopic (exact) mass is 332 g/mol. The number of hydrogen-bond acceptors (Lipinski definition) is 2. The van der Waals surface area contributed by atoms with E-state index in [2.05, 4.69) is 16.0 Å². The summed E-state index contributed by atoms with van der Waals surface area (Å²) >= 11 is 7.72. The third kappa shape index (κ3) is 3.03. The van der Waals surface area contributed by atoms with E-state index in [1.807, 2.05) is 42.6 Å². The molecule has 5 heteroatoms. The number of fused-ring (bicyclic) bond motifs is 1. The van der Waals surface area contributed by atoms with Crippen molar-refractivity contribution in [1.82, 2.24) is 9.88 Å². The summed E-state index contributed by atoms with van der Waals surface area (Å²) in [5, 5.41) is 5.72. The lowest BCUT2D eigenvalue weighted by Crippen LogP contribution is -2.26. The number of thiophene rings is 1. The van der Waals surface area contributed by atoms with Crippen LogP contribution in [0.15, 0.2) is 41.8 Å². The van der Waals surface area contributed by atoms with Crippen LogP contribution in [0.25, 0.3) is 10.2 Å². The summed E-state index contributed by atoms with van der Waals surface area (Å²) < 4.78 is 3.19. The number of aromatic nitrogens is 1. The van der Waals surface area contributed by atoms with E-state index in [4.69, 9.17) is 11.6 Å². The summed E-state index contributed by atoms with van der Waals surface area (Å²) in [5.74, 6) is -0.0210. The molecule has 114 valence electrons. The predicted octanol–water partition coefficient (Wildman–Crippen LogP) is 4.54. The van der Waals surface area contributed by atoms with Crippen molar-refractivity contribution in [2.45, 2.75) is 19.9 Å². The van der Waals surface area contributed by atoms with E-state index < -0.39 is 0 Å². The molecular weight excluding hydrogens is 316 g/mol. The maximum Gasteiger partial charge on any atom is 0.267 e. The smallest absolute Gasteiger partial charge is 0.267 e. The average molecular weight is 333 g/mol. The number of carbonyl (C=O) groups excluding carboxylic acids is 1. The molecule has 0 aliphatic rings. The zero-order valence-electron chi connectivity index (χ0n) is 12.3. The summed E-state index contributed by atoms with van der Waals surface area (Å²) in [6, 6.07) is 11.8. The molecule has 1 amide bonds. The molecule has 0 aliphatic heterocycles. The number of benzene rings is 1. The summed E-state index contributed by atoms with van der Waals surface area (Å²) in [6.45, 7) is 3.37. The molecule has 0 atom stereocenters. The van der Waals surface area contributed by atoms with Crippen LogP contribution in [-0.4, -0.2) is 17.0 Å². The second-order valence-electron chi connectivity index (χ2n) is 5.17. The second-order valence-corrected chi connectivity index (χ2v) is 6.56. The third-order valence-corrected chi connectivity index (χ3v) is 4.61. The summed E-state index contributed by atoms with van der Waals surface area (Å²) in [4.78, 5) is 12.4. The van der Waals surface area contributed by atoms with Gasteiger partial charge in [-0.05, 0) is 41.6 Å². The van der Waals surface area contributed by atoms with Gasteiger partial charge in [-0.3, -0.25) is 4.79 Å². The number of amides is 1. The molecule has 2 aromatic heterocycles. The largest absolute Gasteiger partial charge is 0.351 e. The lowest BCUT2D eigenvalue weighted by molar-refractivity contribution is 0.0945. The Kier molecular flexibility index (Phi) is 4.50. The second kappa shape index (κ2) is 6.55. The molecule has 1 N–H and O–H groups in total. The first-order valence-corrected chi connectivity index (χ1v) is 8.54. The quantitative estimate of drug-likeness (QED) is 0.731. The van der Waals surface area contributed by atoms with Gasteiger partial charge < -0.3 is 9.88 Å². The minimum Gasteiger partial charge on any atom is -0.351 e. The molecule has 0 saturated carbocycles. The number of halogens is 1. The van der Waals surface area contributed by atoms with Gasteiger partial charge in [-0.2, -0.15) is 0 Å². The highest BCUT2D eigenvalue weighted by Gasteiger charge is 2.16. The maximum absolute atomic E-state index is 12.4. The number of carbonyl (C=O) groups is 1. The fourth-order valence-electron chi connectivity index (χ4n) is 2.48. The molecule has 2 heterocycles. The molecular formula is C17H17ClN2OS. The van der Waals surface area contributed by atoms with Crippen LogP contribution in [0.4, 0.5) is 0 Å². The van der Waals surface area contributed by atoms with Crippen LogP contribution in [0.5, 0.6) is 0 Å². The summed E-state index contributed by atoms with van der Waals surface area (Å²) in [6.07, 6.45) is 0.926. The van der Waals surface area contributed by atoms with E-state index in [9.17, 15) is 4.79 Å². The SMILES string of the molecule is CCCNC(=O)c1cc2sccc2n1Cc1cccc(Cl)c1. The van der Waals surface area contributed by atoms with Gasteiger partial charge >= 0.3 is 0 Å². The highest BCUT2D eigenvalue weighted by Crippen LogP contribution is 2.26. The van der Waals surface area contributed by atoms with Gasteiger partial charge in [0.25, 0.3) is 5.91 Å². The van der Waals surface area contributed by atoms with Crippen molar-refractivity contribution in [3.05, 3.63) is 58.1 Å². The Balaban J connectivity index is 1.98. The lowest BCUT2D eigenvalue weighted by Gasteiger charge is -2.11. The molecule has 0 radical (unpaired) electrons. The molecule has 3 aromatic rings. The fraction of sp³-hybridized carbons (Fsp3) is 0.235. The highest BCUT2D eigenvalue weighted by atomic mass is 35.5. The van der Waals surface area contributed by atoms with Crippen LogP contribution in [0, 0.1) is 0 Å². The molecule has 0 unspecified atom stereocenters. The molecule has 0 fully saturated rings. The van der Waals surface area contributed by atoms with E-state index in [0.29, 0.717) is 23.8 Å². The Hall–Kier alpha value is -1.78.